The van der Waals surface area contributed by atoms with Gasteiger partial charge >= 0.3 is 5.97 Å². The molecular formula is C10H9FN2O4S. The molecule has 0 saturated carbocycles. The van der Waals surface area contributed by atoms with Crippen LogP contribution in [0.15, 0.2) is 23.1 Å². The van der Waals surface area contributed by atoms with Crippen molar-refractivity contribution in [2.75, 3.05) is 0 Å². The molecule has 1 atom stereocenters. The van der Waals surface area contributed by atoms with Gasteiger partial charge in [0.05, 0.1) is 0 Å². The first-order valence-electron chi connectivity index (χ1n) is 4.73. The smallest absolute Gasteiger partial charge is 0.321 e. The van der Waals surface area contributed by atoms with Crippen LogP contribution in [0.4, 0.5) is 4.39 Å². The average molecular weight is 272 g/mol. The minimum atomic E-state index is -4.26. The maximum Gasteiger partial charge on any atom is 0.321 e. The van der Waals surface area contributed by atoms with Crippen LogP contribution in [0, 0.1) is 17.1 Å². The minimum absolute atomic E-state index is 0.585. The van der Waals surface area contributed by atoms with Crippen molar-refractivity contribution in [3.8, 4) is 6.07 Å². The average Bonchev–Trinajstić information content (AvgIpc) is 2.27. The zero-order chi connectivity index (χ0) is 13.9. The number of nitrogens with zero attached hydrogens (tertiary/aromatic N) is 1. The van der Waals surface area contributed by atoms with E-state index in [2.05, 4.69) is 0 Å². The van der Waals surface area contributed by atoms with Crippen molar-refractivity contribution in [1.82, 2.24) is 4.72 Å². The van der Waals surface area contributed by atoms with Crippen LogP contribution in [0.5, 0.6) is 0 Å². The van der Waals surface area contributed by atoms with E-state index in [-0.39, 0.29) is 0 Å². The van der Waals surface area contributed by atoms with Crippen molar-refractivity contribution in [3.63, 3.8) is 0 Å². The van der Waals surface area contributed by atoms with Gasteiger partial charge in [0.15, 0.2) is 0 Å². The molecule has 0 aliphatic heterocycles. The number of nitrogens with one attached hydrogen (secondary N) is 1. The Labute approximate surface area is 103 Å². The number of carbonyl (C=O) groups is 1. The van der Waals surface area contributed by atoms with E-state index in [1.807, 2.05) is 4.72 Å². The summed E-state index contributed by atoms with van der Waals surface area (Å²) in [7, 11) is -4.26. The number of carboxylic acid groups (broad SMARTS) is 1. The van der Waals surface area contributed by atoms with Crippen LogP contribution in [-0.4, -0.2) is 25.5 Å². The molecule has 96 valence electrons. The van der Waals surface area contributed by atoms with Gasteiger partial charge in [-0.15, -0.1) is 0 Å². The Morgan fingerprint density at radius 3 is 2.67 bits per heavy atom. The van der Waals surface area contributed by atoms with Crippen LogP contribution in [-0.2, 0) is 14.8 Å². The maximum atomic E-state index is 13.2. The van der Waals surface area contributed by atoms with E-state index < -0.39 is 38.3 Å². The Balaban J connectivity index is 3.27. The summed E-state index contributed by atoms with van der Waals surface area (Å²) in [4.78, 5) is 9.98. The second kappa shape index (κ2) is 5.12. The van der Waals surface area contributed by atoms with Gasteiger partial charge in [0.25, 0.3) is 0 Å². The summed E-state index contributed by atoms with van der Waals surface area (Å²) >= 11 is 0. The second-order valence-corrected chi connectivity index (χ2v) is 5.09. The lowest BCUT2D eigenvalue weighted by Gasteiger charge is -2.11. The van der Waals surface area contributed by atoms with Gasteiger partial charge in [0, 0.05) is 0 Å². The number of halogens is 1. The predicted octanol–water partition coefficient (Wildman–Crippen LogP) is 0.449. The quantitative estimate of drug-likeness (QED) is 0.827. The third kappa shape index (κ3) is 2.82. The SMILES string of the molecule is C[C@@H](NS(=O)(=O)c1cccc(F)c1C#N)C(=O)O. The van der Waals surface area contributed by atoms with Crippen molar-refractivity contribution >= 4 is 16.0 Å². The number of benzene rings is 1. The summed E-state index contributed by atoms with van der Waals surface area (Å²) in [5, 5.41) is 17.3. The van der Waals surface area contributed by atoms with E-state index in [9.17, 15) is 17.6 Å². The van der Waals surface area contributed by atoms with E-state index in [0.29, 0.717) is 0 Å². The van der Waals surface area contributed by atoms with Gasteiger partial charge in [-0.2, -0.15) is 9.98 Å². The molecule has 18 heavy (non-hydrogen) atoms. The first-order valence-corrected chi connectivity index (χ1v) is 6.21. The lowest BCUT2D eigenvalue weighted by molar-refractivity contribution is -0.138. The van der Waals surface area contributed by atoms with E-state index in [1.54, 1.807) is 0 Å². The number of aliphatic carboxylic acids is 1. The van der Waals surface area contributed by atoms with Crippen molar-refractivity contribution in [1.29, 1.82) is 5.26 Å². The van der Waals surface area contributed by atoms with Crippen LogP contribution in [0.2, 0.25) is 0 Å². The third-order valence-corrected chi connectivity index (χ3v) is 3.66. The van der Waals surface area contributed by atoms with Crippen molar-refractivity contribution < 1.29 is 22.7 Å². The molecule has 1 rings (SSSR count). The highest BCUT2D eigenvalue weighted by Crippen LogP contribution is 2.18. The zero-order valence-electron chi connectivity index (χ0n) is 9.21. The molecular weight excluding hydrogens is 263 g/mol. The number of hydrogen-bond donors (Lipinski definition) is 2. The maximum absolute atomic E-state index is 13.2. The Kier molecular flexibility index (Phi) is 4.00. The Morgan fingerprint density at radius 1 is 1.56 bits per heavy atom. The molecule has 0 radical (unpaired) electrons. The number of carboxylic acids is 1. The molecule has 0 bridgehead atoms. The topological polar surface area (TPSA) is 107 Å². The molecule has 1 aromatic rings. The van der Waals surface area contributed by atoms with E-state index >= 15 is 0 Å². The molecule has 0 amide bonds. The van der Waals surface area contributed by atoms with Crippen LogP contribution in [0.1, 0.15) is 12.5 Å². The molecule has 0 saturated heterocycles. The number of rotatable bonds is 4. The number of nitriles is 1. The molecule has 0 aliphatic carbocycles. The fourth-order valence-electron chi connectivity index (χ4n) is 1.18. The molecule has 0 heterocycles. The van der Waals surface area contributed by atoms with Crippen molar-refractivity contribution in [2.24, 2.45) is 0 Å². The molecule has 0 spiro atoms. The zero-order valence-corrected chi connectivity index (χ0v) is 10.0. The molecule has 0 fully saturated rings. The Morgan fingerprint density at radius 2 is 2.17 bits per heavy atom. The normalized spacial score (nSPS) is 12.7. The highest BCUT2D eigenvalue weighted by atomic mass is 32.2. The fraction of sp³-hybridized carbons (Fsp3) is 0.200. The first-order chi connectivity index (χ1) is 8.29. The van der Waals surface area contributed by atoms with Crippen molar-refractivity contribution in [2.45, 2.75) is 17.9 Å². The van der Waals surface area contributed by atoms with E-state index in [1.165, 1.54) is 6.07 Å². The number of hydrogen-bond acceptors (Lipinski definition) is 4. The van der Waals surface area contributed by atoms with Gasteiger partial charge in [0.2, 0.25) is 10.0 Å². The summed E-state index contributed by atoms with van der Waals surface area (Å²) in [6.07, 6.45) is 0. The molecule has 1 aromatic carbocycles. The molecule has 6 nitrogen and oxygen atoms in total. The fourth-order valence-corrected chi connectivity index (χ4v) is 2.55. The largest absolute Gasteiger partial charge is 0.480 e. The Bertz CT molecular complexity index is 621. The minimum Gasteiger partial charge on any atom is -0.480 e. The van der Waals surface area contributed by atoms with Gasteiger partial charge < -0.3 is 5.11 Å². The molecule has 8 heteroatoms. The monoisotopic (exact) mass is 272 g/mol. The molecule has 0 aromatic heterocycles. The van der Waals surface area contributed by atoms with Crippen LogP contribution < -0.4 is 4.72 Å². The Hall–Kier alpha value is -1.98. The van der Waals surface area contributed by atoms with Crippen LogP contribution >= 0.6 is 0 Å². The van der Waals surface area contributed by atoms with Crippen LogP contribution in [0.25, 0.3) is 0 Å². The molecule has 0 unspecified atom stereocenters. The van der Waals surface area contributed by atoms with Gasteiger partial charge in [-0.3, -0.25) is 4.79 Å². The summed E-state index contributed by atoms with van der Waals surface area (Å²) < 4.78 is 38.6. The predicted molar refractivity (Wildman–Crippen MR) is 58.5 cm³/mol. The lowest BCUT2D eigenvalue weighted by atomic mass is 10.2. The first kappa shape index (κ1) is 14.1. The summed E-state index contributed by atoms with van der Waals surface area (Å²) in [5.41, 5.74) is -0.650. The van der Waals surface area contributed by atoms with Gasteiger partial charge in [-0.1, -0.05) is 6.07 Å². The third-order valence-electron chi connectivity index (χ3n) is 2.08. The summed E-state index contributed by atoms with van der Waals surface area (Å²) in [5.74, 6) is -2.36. The highest BCUT2D eigenvalue weighted by molar-refractivity contribution is 7.89. The second-order valence-electron chi connectivity index (χ2n) is 3.41. The number of sulfonamides is 1. The standard InChI is InChI=1S/C10H9FN2O4S/c1-6(10(14)15)13-18(16,17)9-4-2-3-8(11)7(9)5-12/h2-4,6,13H,1H3,(H,14,15)/t6-/m1/s1. The lowest BCUT2D eigenvalue weighted by Crippen LogP contribution is -2.38. The summed E-state index contributed by atoms with van der Waals surface area (Å²) in [6.45, 7) is 1.12. The van der Waals surface area contributed by atoms with E-state index in [4.69, 9.17) is 10.4 Å². The summed E-state index contributed by atoms with van der Waals surface area (Å²) in [6, 6.07) is 3.14. The van der Waals surface area contributed by atoms with Gasteiger partial charge in [0.1, 0.15) is 28.4 Å². The highest BCUT2D eigenvalue weighted by Gasteiger charge is 2.25. The molecule has 2 N–H and O–H groups in total. The van der Waals surface area contributed by atoms with E-state index in [0.717, 1.165) is 25.1 Å². The van der Waals surface area contributed by atoms with Gasteiger partial charge in [-0.25, -0.2) is 12.8 Å². The van der Waals surface area contributed by atoms with Crippen molar-refractivity contribution in [3.05, 3.63) is 29.6 Å². The molecule has 0 aliphatic rings. The van der Waals surface area contributed by atoms with Gasteiger partial charge in [-0.05, 0) is 19.1 Å². The van der Waals surface area contributed by atoms with Crippen LogP contribution in [0.3, 0.4) is 0 Å².